The zero-order valence-corrected chi connectivity index (χ0v) is 12.8. The Hall–Kier alpha value is -3.02. The molecule has 2 heterocycles. The Morgan fingerprint density at radius 3 is 2.78 bits per heavy atom. The number of nitrogens with one attached hydrogen (secondary N) is 2. The maximum Gasteiger partial charge on any atom is 0.287 e. The van der Waals surface area contributed by atoms with Crippen molar-refractivity contribution >= 4 is 16.8 Å². The van der Waals surface area contributed by atoms with E-state index in [2.05, 4.69) is 20.3 Å². The van der Waals surface area contributed by atoms with E-state index in [9.17, 15) is 9.59 Å². The number of pyridine rings is 1. The quantitative estimate of drug-likeness (QED) is 0.776. The number of H-pyrrole nitrogens is 1. The molecule has 6 heteroatoms. The fourth-order valence-electron chi connectivity index (χ4n) is 2.48. The number of benzene rings is 1. The topological polar surface area (TPSA) is 87.7 Å². The first-order valence-electron chi connectivity index (χ1n) is 7.27. The van der Waals surface area contributed by atoms with E-state index >= 15 is 0 Å². The number of rotatable bonds is 3. The van der Waals surface area contributed by atoms with Crippen LogP contribution in [0.2, 0.25) is 0 Å². The van der Waals surface area contributed by atoms with Gasteiger partial charge in [-0.3, -0.25) is 14.6 Å². The lowest BCUT2D eigenvalue weighted by molar-refractivity contribution is 0.0928. The highest BCUT2D eigenvalue weighted by molar-refractivity contribution is 5.92. The number of fused-ring (bicyclic) bond motifs is 1. The number of hydrogen-bond acceptors (Lipinski definition) is 4. The van der Waals surface area contributed by atoms with Crippen LogP contribution in [-0.4, -0.2) is 20.9 Å². The standard InChI is InChI=1S/C17H16N4O2/c1-10-6-5-9-18-14(10)11(2)19-17(23)15-20-13-8-4-3-7-12(13)16(22)21-15/h3-9,11H,1-2H3,(H,19,23)(H,20,21,22). The summed E-state index contributed by atoms with van der Waals surface area (Å²) in [5.74, 6) is -0.445. The molecule has 0 aliphatic carbocycles. The predicted molar refractivity (Wildman–Crippen MR) is 87.2 cm³/mol. The van der Waals surface area contributed by atoms with Gasteiger partial charge in [-0.05, 0) is 37.6 Å². The van der Waals surface area contributed by atoms with Gasteiger partial charge in [0.15, 0.2) is 5.82 Å². The SMILES string of the molecule is Cc1cccnc1C(C)NC(=O)c1nc2ccccc2c(=O)[nH]1. The molecule has 2 aromatic heterocycles. The van der Waals surface area contributed by atoms with Gasteiger partial charge in [-0.1, -0.05) is 18.2 Å². The molecule has 0 spiro atoms. The number of nitrogens with zero attached hydrogens (tertiary/aromatic N) is 2. The van der Waals surface area contributed by atoms with Gasteiger partial charge < -0.3 is 10.3 Å². The minimum atomic E-state index is -0.439. The van der Waals surface area contributed by atoms with Crippen molar-refractivity contribution in [1.29, 1.82) is 0 Å². The van der Waals surface area contributed by atoms with Crippen molar-refractivity contribution in [3.05, 3.63) is 70.0 Å². The molecule has 23 heavy (non-hydrogen) atoms. The number of aromatic amines is 1. The molecule has 1 atom stereocenters. The van der Waals surface area contributed by atoms with E-state index in [1.54, 1.807) is 30.5 Å². The average Bonchev–Trinajstić information content (AvgIpc) is 2.55. The van der Waals surface area contributed by atoms with Crippen molar-refractivity contribution in [2.24, 2.45) is 0 Å². The molecule has 0 radical (unpaired) electrons. The summed E-state index contributed by atoms with van der Waals surface area (Å²) in [5.41, 5.74) is 1.93. The van der Waals surface area contributed by atoms with Crippen molar-refractivity contribution in [1.82, 2.24) is 20.3 Å². The molecule has 0 aliphatic rings. The summed E-state index contributed by atoms with van der Waals surface area (Å²) < 4.78 is 0. The third kappa shape index (κ3) is 2.96. The Balaban J connectivity index is 1.89. The Labute approximate surface area is 132 Å². The second-order valence-corrected chi connectivity index (χ2v) is 5.33. The highest BCUT2D eigenvalue weighted by Crippen LogP contribution is 2.14. The molecule has 1 amide bonds. The summed E-state index contributed by atoms with van der Waals surface area (Å²) >= 11 is 0. The first-order chi connectivity index (χ1) is 11.1. The van der Waals surface area contributed by atoms with E-state index in [0.29, 0.717) is 10.9 Å². The summed E-state index contributed by atoms with van der Waals surface area (Å²) in [6, 6.07) is 10.4. The summed E-state index contributed by atoms with van der Waals surface area (Å²) in [6.07, 6.45) is 1.68. The van der Waals surface area contributed by atoms with Crippen molar-refractivity contribution in [2.45, 2.75) is 19.9 Å². The van der Waals surface area contributed by atoms with Gasteiger partial charge in [-0.25, -0.2) is 4.98 Å². The molecular formula is C17H16N4O2. The monoisotopic (exact) mass is 308 g/mol. The predicted octanol–water partition coefficient (Wildman–Crippen LogP) is 2.12. The van der Waals surface area contributed by atoms with Gasteiger partial charge in [0.05, 0.1) is 22.6 Å². The van der Waals surface area contributed by atoms with Crippen LogP contribution in [0.1, 0.15) is 34.8 Å². The fraction of sp³-hybridized carbons (Fsp3) is 0.176. The number of carbonyl (C=O) groups is 1. The Morgan fingerprint density at radius 1 is 1.22 bits per heavy atom. The Kier molecular flexibility index (Phi) is 3.89. The first-order valence-corrected chi connectivity index (χ1v) is 7.27. The third-order valence-corrected chi connectivity index (χ3v) is 3.64. The summed E-state index contributed by atoms with van der Waals surface area (Å²) in [4.78, 5) is 35.4. The van der Waals surface area contributed by atoms with Crippen molar-refractivity contribution < 1.29 is 4.79 Å². The van der Waals surface area contributed by atoms with Crippen LogP contribution in [-0.2, 0) is 0 Å². The minimum absolute atomic E-state index is 0.00543. The van der Waals surface area contributed by atoms with E-state index in [1.165, 1.54) is 0 Å². The molecule has 1 unspecified atom stereocenters. The smallest absolute Gasteiger partial charge is 0.287 e. The summed E-state index contributed by atoms with van der Waals surface area (Å²) in [6.45, 7) is 3.77. The second-order valence-electron chi connectivity index (χ2n) is 5.33. The van der Waals surface area contributed by atoms with Crippen LogP contribution in [0.3, 0.4) is 0 Å². The van der Waals surface area contributed by atoms with Crippen LogP contribution < -0.4 is 10.9 Å². The number of para-hydroxylation sites is 1. The summed E-state index contributed by atoms with van der Waals surface area (Å²) in [5, 5.41) is 3.27. The normalized spacial score (nSPS) is 12.1. The number of hydrogen-bond donors (Lipinski definition) is 2. The minimum Gasteiger partial charge on any atom is -0.341 e. The second kappa shape index (κ2) is 6.00. The van der Waals surface area contributed by atoms with Gasteiger partial charge in [0.2, 0.25) is 0 Å². The van der Waals surface area contributed by atoms with Crippen LogP contribution in [0.4, 0.5) is 0 Å². The molecule has 0 saturated carbocycles. The van der Waals surface area contributed by atoms with Crippen molar-refractivity contribution in [3.8, 4) is 0 Å². The van der Waals surface area contributed by atoms with Crippen LogP contribution in [0.5, 0.6) is 0 Å². The van der Waals surface area contributed by atoms with Gasteiger partial charge in [0.1, 0.15) is 0 Å². The van der Waals surface area contributed by atoms with E-state index in [-0.39, 0.29) is 17.4 Å². The highest BCUT2D eigenvalue weighted by atomic mass is 16.2. The van der Waals surface area contributed by atoms with Crippen LogP contribution in [0, 0.1) is 6.92 Å². The average molecular weight is 308 g/mol. The number of amides is 1. The molecule has 116 valence electrons. The maximum atomic E-state index is 12.4. The molecule has 3 rings (SSSR count). The van der Waals surface area contributed by atoms with E-state index in [0.717, 1.165) is 11.3 Å². The number of aromatic nitrogens is 3. The molecule has 0 fully saturated rings. The largest absolute Gasteiger partial charge is 0.341 e. The zero-order chi connectivity index (χ0) is 16.4. The molecule has 2 N–H and O–H groups in total. The van der Waals surface area contributed by atoms with E-state index in [1.807, 2.05) is 26.0 Å². The van der Waals surface area contributed by atoms with Crippen LogP contribution in [0.15, 0.2) is 47.4 Å². The number of carbonyl (C=O) groups excluding carboxylic acids is 1. The van der Waals surface area contributed by atoms with E-state index in [4.69, 9.17) is 0 Å². The summed E-state index contributed by atoms with van der Waals surface area (Å²) in [7, 11) is 0. The molecule has 0 aliphatic heterocycles. The molecule has 0 saturated heterocycles. The molecule has 6 nitrogen and oxygen atoms in total. The lowest BCUT2D eigenvalue weighted by atomic mass is 10.1. The van der Waals surface area contributed by atoms with Gasteiger partial charge >= 0.3 is 0 Å². The first kappa shape index (κ1) is 14.9. The Bertz CT molecular complexity index is 933. The molecule has 0 bridgehead atoms. The Morgan fingerprint density at radius 2 is 2.00 bits per heavy atom. The molecular weight excluding hydrogens is 292 g/mol. The highest BCUT2D eigenvalue weighted by Gasteiger charge is 2.16. The van der Waals surface area contributed by atoms with E-state index < -0.39 is 5.91 Å². The van der Waals surface area contributed by atoms with Gasteiger partial charge in [0, 0.05) is 6.20 Å². The third-order valence-electron chi connectivity index (χ3n) is 3.64. The van der Waals surface area contributed by atoms with Gasteiger partial charge in [-0.15, -0.1) is 0 Å². The van der Waals surface area contributed by atoms with Crippen LogP contribution in [0.25, 0.3) is 10.9 Å². The van der Waals surface area contributed by atoms with Crippen molar-refractivity contribution in [2.75, 3.05) is 0 Å². The van der Waals surface area contributed by atoms with Gasteiger partial charge in [-0.2, -0.15) is 0 Å². The molecule has 1 aromatic carbocycles. The van der Waals surface area contributed by atoms with Crippen LogP contribution >= 0.6 is 0 Å². The maximum absolute atomic E-state index is 12.4. The zero-order valence-electron chi connectivity index (χ0n) is 12.8. The van der Waals surface area contributed by atoms with Crippen molar-refractivity contribution in [3.63, 3.8) is 0 Å². The lowest BCUT2D eigenvalue weighted by Gasteiger charge is -2.15. The number of aryl methyl sites for hydroxylation is 1. The molecule has 3 aromatic rings. The fourth-order valence-corrected chi connectivity index (χ4v) is 2.48. The lowest BCUT2D eigenvalue weighted by Crippen LogP contribution is -2.31. The van der Waals surface area contributed by atoms with Gasteiger partial charge in [0.25, 0.3) is 11.5 Å².